The van der Waals surface area contributed by atoms with Crippen molar-refractivity contribution in [2.24, 2.45) is 0 Å². The van der Waals surface area contributed by atoms with Crippen LogP contribution >= 0.6 is 11.3 Å². The van der Waals surface area contributed by atoms with Crippen LogP contribution in [0.25, 0.3) is 10.9 Å². The van der Waals surface area contributed by atoms with Crippen LogP contribution in [-0.2, 0) is 22.4 Å². The maximum Gasteiger partial charge on any atom is 0.573 e. The van der Waals surface area contributed by atoms with Crippen molar-refractivity contribution in [3.05, 3.63) is 89.1 Å². The molecule has 0 aliphatic carbocycles. The number of rotatable bonds is 9. The number of fused-ring (bicyclic) bond motifs is 1. The van der Waals surface area contributed by atoms with Crippen LogP contribution in [0.5, 0.6) is 5.75 Å². The van der Waals surface area contributed by atoms with Gasteiger partial charge in [-0.25, -0.2) is 0 Å². The minimum atomic E-state index is -4.81. The molecule has 0 atom stereocenters. The number of piperidine rings is 1. The summed E-state index contributed by atoms with van der Waals surface area (Å²) >= 11 is 1.38. The topological polar surface area (TPSA) is 135 Å². The minimum Gasteiger partial charge on any atom is -0.406 e. The quantitative estimate of drug-likeness (QED) is 0.212. The highest BCUT2D eigenvalue weighted by Crippen LogP contribution is 2.33. The van der Waals surface area contributed by atoms with E-state index in [0.717, 1.165) is 40.4 Å². The van der Waals surface area contributed by atoms with E-state index in [9.17, 15) is 22.8 Å². The molecule has 0 radical (unpaired) electrons. The lowest BCUT2D eigenvalue weighted by atomic mass is 9.98. The fourth-order valence-corrected chi connectivity index (χ4v) is 6.17. The summed E-state index contributed by atoms with van der Waals surface area (Å²) in [6, 6.07) is 18.2. The Morgan fingerprint density at radius 2 is 1.67 bits per heavy atom. The molecule has 5 aromatic rings. The van der Waals surface area contributed by atoms with E-state index in [1.165, 1.54) is 29.5 Å². The number of pyridine rings is 1. The monoisotopic (exact) mass is 648 g/mol. The number of para-hydroxylation sites is 1. The van der Waals surface area contributed by atoms with Gasteiger partial charge in [-0.2, -0.15) is 0 Å². The van der Waals surface area contributed by atoms with E-state index in [0.29, 0.717) is 29.6 Å². The molecule has 0 bridgehead atoms. The van der Waals surface area contributed by atoms with E-state index in [1.807, 2.05) is 30.3 Å². The maximum absolute atomic E-state index is 12.7. The number of aromatic nitrogens is 5. The van der Waals surface area contributed by atoms with Gasteiger partial charge in [-0.1, -0.05) is 47.7 Å². The van der Waals surface area contributed by atoms with Gasteiger partial charge in [0, 0.05) is 30.6 Å². The smallest absolute Gasteiger partial charge is 0.406 e. The molecule has 1 aliphatic heterocycles. The maximum atomic E-state index is 12.7. The van der Waals surface area contributed by atoms with Crippen LogP contribution in [0, 0.1) is 0 Å². The van der Waals surface area contributed by atoms with Crippen molar-refractivity contribution in [2.75, 3.05) is 28.6 Å². The number of nitrogens with one attached hydrogen (secondary N) is 2. The van der Waals surface area contributed by atoms with E-state index >= 15 is 0 Å². The van der Waals surface area contributed by atoms with Crippen molar-refractivity contribution in [2.45, 2.75) is 38.0 Å². The highest BCUT2D eigenvalue weighted by molar-refractivity contribution is 7.15. The van der Waals surface area contributed by atoms with Crippen molar-refractivity contribution >= 4 is 50.8 Å². The second-order valence-electron chi connectivity index (χ2n) is 10.6. The van der Waals surface area contributed by atoms with Gasteiger partial charge in [-0.15, -0.1) is 33.6 Å². The molecule has 2 amide bonds. The Bertz CT molecular complexity index is 1840. The fraction of sp³-hybridized carbons (Fsp3) is 0.258. The minimum absolute atomic E-state index is 0.162. The van der Waals surface area contributed by atoms with Crippen LogP contribution in [0.4, 0.5) is 29.9 Å². The fourth-order valence-electron chi connectivity index (χ4n) is 5.24. The zero-order valence-corrected chi connectivity index (χ0v) is 25.0. The van der Waals surface area contributed by atoms with E-state index in [1.54, 1.807) is 18.3 Å². The molecule has 1 aliphatic rings. The van der Waals surface area contributed by atoms with E-state index in [4.69, 9.17) is 0 Å². The normalized spacial score (nSPS) is 13.8. The second-order valence-corrected chi connectivity index (χ2v) is 11.6. The number of alkyl halides is 3. The average molecular weight is 649 g/mol. The third-order valence-corrected chi connectivity index (χ3v) is 8.34. The molecule has 2 aromatic carbocycles. The Morgan fingerprint density at radius 1 is 0.891 bits per heavy atom. The highest BCUT2D eigenvalue weighted by Gasteiger charge is 2.31. The summed E-state index contributed by atoms with van der Waals surface area (Å²) in [5.41, 5.74) is 2.00. The molecule has 236 valence electrons. The molecule has 4 heterocycles. The second kappa shape index (κ2) is 13.4. The van der Waals surface area contributed by atoms with Gasteiger partial charge in [-0.3, -0.25) is 14.6 Å². The predicted molar refractivity (Wildman–Crippen MR) is 166 cm³/mol. The van der Waals surface area contributed by atoms with Crippen molar-refractivity contribution < 1.29 is 27.5 Å². The van der Waals surface area contributed by atoms with Gasteiger partial charge in [0.25, 0.3) is 0 Å². The molecule has 2 N–H and O–H groups in total. The number of carbonyl (C=O) groups excluding carboxylic acids is 2. The van der Waals surface area contributed by atoms with Crippen LogP contribution in [0.2, 0.25) is 0 Å². The van der Waals surface area contributed by atoms with Crippen molar-refractivity contribution in [1.29, 1.82) is 0 Å². The highest BCUT2D eigenvalue weighted by atomic mass is 32.1. The van der Waals surface area contributed by atoms with Gasteiger partial charge in [0.1, 0.15) is 10.8 Å². The molecular weight excluding hydrogens is 621 g/mol. The van der Waals surface area contributed by atoms with E-state index < -0.39 is 18.0 Å². The number of ether oxygens (including phenoxy) is 1. The van der Waals surface area contributed by atoms with Crippen LogP contribution in [0.1, 0.15) is 34.9 Å². The number of hydrogen-bond donors (Lipinski definition) is 2. The summed E-state index contributed by atoms with van der Waals surface area (Å²) in [4.78, 5) is 31.7. The van der Waals surface area contributed by atoms with Crippen LogP contribution in [-0.4, -0.2) is 56.6 Å². The van der Waals surface area contributed by atoms with Crippen LogP contribution < -0.4 is 20.3 Å². The molecule has 0 saturated carbocycles. The Hall–Kier alpha value is -5.18. The van der Waals surface area contributed by atoms with Gasteiger partial charge in [0.2, 0.25) is 16.9 Å². The van der Waals surface area contributed by atoms with Crippen LogP contribution in [0.15, 0.2) is 72.9 Å². The number of anilines is 3. The Morgan fingerprint density at radius 3 is 2.46 bits per heavy atom. The van der Waals surface area contributed by atoms with Crippen molar-refractivity contribution in [3.63, 3.8) is 0 Å². The van der Waals surface area contributed by atoms with Crippen LogP contribution in [0.3, 0.4) is 0 Å². The predicted octanol–water partition coefficient (Wildman–Crippen LogP) is 5.52. The zero-order valence-electron chi connectivity index (χ0n) is 24.2. The number of amides is 2. The summed E-state index contributed by atoms with van der Waals surface area (Å²) in [6.45, 7) is 1.41. The number of benzene rings is 2. The third-order valence-electron chi connectivity index (χ3n) is 7.34. The summed E-state index contributed by atoms with van der Waals surface area (Å²) in [5.74, 6) is 0.0416. The lowest BCUT2D eigenvalue weighted by Gasteiger charge is -2.31. The summed E-state index contributed by atoms with van der Waals surface area (Å²) in [7, 11) is 0. The van der Waals surface area contributed by atoms with Gasteiger partial charge < -0.3 is 20.3 Å². The largest absolute Gasteiger partial charge is 0.573 e. The van der Waals surface area contributed by atoms with Gasteiger partial charge in [0.05, 0.1) is 18.4 Å². The number of nitrogens with zero attached hydrogens (tertiary/aromatic N) is 6. The standard InChI is InChI=1S/C31H27F3N8O3S/c32-31(33,34)45-23-8-1-4-19(16-23)17-26(43)36-24-9-10-25(39-38-24)42-14-11-21(12-15-42)29-40-41-30(46-29)37-27(44)18-22-6-2-5-20-7-3-13-35-28(20)22/h1-10,13,16,21H,11-12,14-15,17-18H2,(H,36,38,43)(H,37,41,44). The Balaban J connectivity index is 0.972. The van der Waals surface area contributed by atoms with E-state index in [2.05, 4.69) is 45.6 Å². The molecule has 46 heavy (non-hydrogen) atoms. The zero-order chi connectivity index (χ0) is 32.1. The summed E-state index contributed by atoms with van der Waals surface area (Å²) in [5, 5.41) is 24.6. The number of carbonyl (C=O) groups is 2. The summed E-state index contributed by atoms with van der Waals surface area (Å²) in [6.07, 6.45) is -1.47. The molecule has 6 rings (SSSR count). The molecule has 1 saturated heterocycles. The van der Waals surface area contributed by atoms with Gasteiger partial charge >= 0.3 is 6.36 Å². The van der Waals surface area contributed by atoms with Gasteiger partial charge in [0.15, 0.2) is 11.6 Å². The van der Waals surface area contributed by atoms with E-state index in [-0.39, 0.29) is 30.5 Å². The lowest BCUT2D eigenvalue weighted by molar-refractivity contribution is -0.274. The van der Waals surface area contributed by atoms with Gasteiger partial charge in [-0.05, 0) is 54.3 Å². The SMILES string of the molecule is O=C(Cc1cccc(OC(F)(F)F)c1)Nc1ccc(N2CCC(c3nnc(NC(=O)Cc4cccc5cccnc45)s3)CC2)nn1. The lowest BCUT2D eigenvalue weighted by Crippen LogP contribution is -2.33. The molecular formula is C31H27F3N8O3S. The Kier molecular flexibility index (Phi) is 9.01. The first kappa shape index (κ1) is 30.8. The molecule has 15 heteroatoms. The first-order valence-electron chi connectivity index (χ1n) is 14.4. The Labute approximate surface area is 264 Å². The first-order chi connectivity index (χ1) is 22.2. The van der Waals surface area contributed by atoms with Crippen molar-refractivity contribution in [3.8, 4) is 5.75 Å². The molecule has 3 aromatic heterocycles. The number of hydrogen-bond acceptors (Lipinski definition) is 10. The molecule has 0 spiro atoms. The van der Waals surface area contributed by atoms with Crippen molar-refractivity contribution in [1.82, 2.24) is 25.4 Å². The average Bonchev–Trinajstić information content (AvgIpc) is 3.49. The number of halogens is 3. The third kappa shape index (κ3) is 7.90. The summed E-state index contributed by atoms with van der Waals surface area (Å²) < 4.78 is 41.3. The first-order valence-corrected chi connectivity index (χ1v) is 15.2. The molecule has 0 unspecified atom stereocenters. The molecule has 1 fully saturated rings. The molecule has 11 nitrogen and oxygen atoms in total.